The van der Waals surface area contributed by atoms with Gasteiger partial charge in [0.25, 0.3) is 0 Å². The lowest BCUT2D eigenvalue weighted by Crippen LogP contribution is -2.06. The topological polar surface area (TPSA) is 29.5 Å². The van der Waals surface area contributed by atoms with Crippen molar-refractivity contribution in [2.45, 2.75) is 19.4 Å². The maximum absolute atomic E-state index is 10.7. The molecule has 0 spiro atoms. The molecule has 0 aliphatic heterocycles. The van der Waals surface area contributed by atoms with Crippen molar-refractivity contribution in [2.24, 2.45) is 0 Å². The molecule has 0 fully saturated rings. The Balaban J connectivity index is 2.37. The molecule has 2 aromatic carbocycles. The fraction of sp³-hybridized carbons (Fsp3) is 0.250. The van der Waals surface area contributed by atoms with Gasteiger partial charge in [-0.3, -0.25) is 0 Å². The molecule has 0 bridgehead atoms. The molecule has 0 amide bonds. The van der Waals surface area contributed by atoms with Gasteiger partial charge in [0.15, 0.2) is 0 Å². The largest absolute Gasteiger partial charge is 0.493 e. The van der Waals surface area contributed by atoms with Crippen LogP contribution in [0.1, 0.15) is 30.6 Å². The van der Waals surface area contributed by atoms with Gasteiger partial charge in [0, 0.05) is 13.6 Å². The van der Waals surface area contributed by atoms with E-state index in [0.29, 0.717) is 6.61 Å². The molecular weight excluding hydrogens is 431 g/mol. The van der Waals surface area contributed by atoms with Crippen molar-refractivity contribution in [3.05, 3.63) is 61.6 Å². The van der Waals surface area contributed by atoms with Crippen LogP contribution in [0, 0.1) is 3.57 Å². The number of hydrogen-bond donors (Lipinski definition) is 1. The van der Waals surface area contributed by atoms with Gasteiger partial charge in [-0.05, 0) is 58.8 Å². The molecule has 2 aromatic rings. The van der Waals surface area contributed by atoms with Gasteiger partial charge in [0.2, 0.25) is 0 Å². The summed E-state index contributed by atoms with van der Waals surface area (Å²) in [4.78, 5) is 0. The molecule has 1 atom stereocenters. The molecule has 0 saturated heterocycles. The lowest BCUT2D eigenvalue weighted by atomic mass is 10.0. The Hall–Kier alpha value is -0.590. The Bertz CT molecular complexity index is 586. The standard InChI is InChI=1S/C16H16BrIO2/c1-2-9-20-15-6-4-3-5-12(15)16(19)13-10-11(17)7-8-14(13)18/h3-8,10,16,19H,2,9H2,1H3. The Labute approximate surface area is 141 Å². The minimum absolute atomic E-state index is 0.652. The molecule has 0 heterocycles. The van der Waals surface area contributed by atoms with Crippen LogP contribution in [0.25, 0.3) is 0 Å². The molecule has 4 heteroatoms. The quantitative estimate of drug-likeness (QED) is 0.660. The molecule has 2 nitrogen and oxygen atoms in total. The zero-order valence-corrected chi connectivity index (χ0v) is 14.9. The third kappa shape index (κ3) is 3.74. The van der Waals surface area contributed by atoms with E-state index < -0.39 is 6.10 Å². The average molecular weight is 447 g/mol. The van der Waals surface area contributed by atoms with Crippen molar-refractivity contribution >= 4 is 38.5 Å². The first-order chi connectivity index (χ1) is 9.63. The SMILES string of the molecule is CCCOc1ccccc1C(O)c1cc(Br)ccc1I. The van der Waals surface area contributed by atoms with Crippen molar-refractivity contribution in [1.82, 2.24) is 0 Å². The molecule has 20 heavy (non-hydrogen) atoms. The Morgan fingerprint density at radius 1 is 1.20 bits per heavy atom. The summed E-state index contributed by atoms with van der Waals surface area (Å²) >= 11 is 5.69. The van der Waals surface area contributed by atoms with E-state index in [1.165, 1.54) is 0 Å². The van der Waals surface area contributed by atoms with Crippen LogP contribution in [0.4, 0.5) is 0 Å². The van der Waals surface area contributed by atoms with Crippen molar-refractivity contribution in [1.29, 1.82) is 0 Å². The summed E-state index contributed by atoms with van der Waals surface area (Å²) in [6, 6.07) is 13.6. The van der Waals surface area contributed by atoms with Crippen molar-refractivity contribution < 1.29 is 9.84 Å². The van der Waals surface area contributed by atoms with E-state index in [-0.39, 0.29) is 0 Å². The van der Waals surface area contributed by atoms with Gasteiger partial charge in [0.1, 0.15) is 11.9 Å². The number of hydrogen-bond acceptors (Lipinski definition) is 2. The molecule has 1 N–H and O–H groups in total. The van der Waals surface area contributed by atoms with E-state index in [9.17, 15) is 5.11 Å². The molecule has 106 valence electrons. The fourth-order valence-corrected chi connectivity index (χ4v) is 2.95. The summed E-state index contributed by atoms with van der Waals surface area (Å²) in [7, 11) is 0. The highest BCUT2D eigenvalue weighted by Gasteiger charge is 2.18. The van der Waals surface area contributed by atoms with E-state index in [2.05, 4.69) is 45.4 Å². The highest BCUT2D eigenvalue weighted by Crippen LogP contribution is 2.33. The number of halogens is 2. The molecule has 0 radical (unpaired) electrons. The Morgan fingerprint density at radius 3 is 2.70 bits per heavy atom. The minimum atomic E-state index is -0.688. The minimum Gasteiger partial charge on any atom is -0.493 e. The van der Waals surface area contributed by atoms with E-state index in [1.807, 2.05) is 42.5 Å². The maximum Gasteiger partial charge on any atom is 0.125 e. The van der Waals surface area contributed by atoms with Crippen LogP contribution in [0.2, 0.25) is 0 Å². The van der Waals surface area contributed by atoms with Crippen molar-refractivity contribution in [2.75, 3.05) is 6.61 Å². The smallest absolute Gasteiger partial charge is 0.125 e. The van der Waals surface area contributed by atoms with Crippen LogP contribution in [-0.2, 0) is 0 Å². The highest BCUT2D eigenvalue weighted by atomic mass is 127. The molecule has 2 rings (SSSR count). The predicted molar refractivity (Wildman–Crippen MR) is 93.1 cm³/mol. The van der Waals surface area contributed by atoms with Crippen LogP contribution < -0.4 is 4.74 Å². The molecular formula is C16H16BrIO2. The fourth-order valence-electron chi connectivity index (χ4n) is 1.94. The first-order valence-corrected chi connectivity index (χ1v) is 8.35. The lowest BCUT2D eigenvalue weighted by Gasteiger charge is -2.17. The summed E-state index contributed by atoms with van der Waals surface area (Å²) in [6.45, 7) is 2.72. The summed E-state index contributed by atoms with van der Waals surface area (Å²) in [6.07, 6.45) is 0.256. The van der Waals surface area contributed by atoms with Crippen LogP contribution in [0.3, 0.4) is 0 Å². The van der Waals surface area contributed by atoms with Gasteiger partial charge >= 0.3 is 0 Å². The van der Waals surface area contributed by atoms with Gasteiger partial charge in [-0.2, -0.15) is 0 Å². The third-order valence-electron chi connectivity index (χ3n) is 2.93. The highest BCUT2D eigenvalue weighted by molar-refractivity contribution is 14.1. The number of ether oxygens (including phenoxy) is 1. The third-order valence-corrected chi connectivity index (χ3v) is 4.40. The first kappa shape index (κ1) is 15.8. The van der Waals surface area contributed by atoms with E-state index in [0.717, 1.165) is 31.3 Å². The van der Waals surface area contributed by atoms with Gasteiger partial charge < -0.3 is 9.84 Å². The van der Waals surface area contributed by atoms with E-state index >= 15 is 0 Å². The summed E-state index contributed by atoms with van der Waals surface area (Å²) < 4.78 is 7.71. The maximum atomic E-state index is 10.7. The number of aliphatic hydroxyl groups is 1. The molecule has 0 saturated carbocycles. The molecule has 0 aliphatic carbocycles. The number of aliphatic hydroxyl groups excluding tert-OH is 1. The van der Waals surface area contributed by atoms with E-state index in [1.54, 1.807) is 0 Å². The zero-order valence-electron chi connectivity index (χ0n) is 11.1. The summed E-state index contributed by atoms with van der Waals surface area (Å²) in [5.41, 5.74) is 1.68. The summed E-state index contributed by atoms with van der Waals surface area (Å²) in [5.74, 6) is 0.748. The average Bonchev–Trinajstić information content (AvgIpc) is 2.47. The van der Waals surface area contributed by atoms with E-state index in [4.69, 9.17) is 4.74 Å². The number of para-hydroxylation sites is 1. The van der Waals surface area contributed by atoms with Crippen LogP contribution in [0.15, 0.2) is 46.9 Å². The lowest BCUT2D eigenvalue weighted by molar-refractivity contribution is 0.209. The first-order valence-electron chi connectivity index (χ1n) is 6.48. The monoisotopic (exact) mass is 446 g/mol. The second kappa shape index (κ2) is 7.43. The second-order valence-corrected chi connectivity index (χ2v) is 6.53. The second-order valence-electron chi connectivity index (χ2n) is 4.45. The normalized spacial score (nSPS) is 12.2. The molecule has 1 unspecified atom stereocenters. The van der Waals surface area contributed by atoms with Gasteiger partial charge in [-0.15, -0.1) is 0 Å². The molecule has 0 aliphatic rings. The Kier molecular flexibility index (Phi) is 5.86. The number of rotatable bonds is 5. The number of benzene rings is 2. The van der Waals surface area contributed by atoms with Gasteiger partial charge in [-0.1, -0.05) is 41.1 Å². The van der Waals surface area contributed by atoms with Gasteiger partial charge in [0.05, 0.1) is 6.61 Å². The van der Waals surface area contributed by atoms with Crippen LogP contribution in [0.5, 0.6) is 5.75 Å². The summed E-state index contributed by atoms with van der Waals surface area (Å²) in [5, 5.41) is 10.7. The Morgan fingerprint density at radius 2 is 1.95 bits per heavy atom. The van der Waals surface area contributed by atoms with Crippen molar-refractivity contribution in [3.63, 3.8) is 0 Å². The van der Waals surface area contributed by atoms with Gasteiger partial charge in [-0.25, -0.2) is 0 Å². The van der Waals surface area contributed by atoms with Crippen molar-refractivity contribution in [3.8, 4) is 5.75 Å². The molecule has 0 aromatic heterocycles. The predicted octanol–water partition coefficient (Wildman–Crippen LogP) is 4.92. The van der Waals surface area contributed by atoms with Crippen LogP contribution in [-0.4, -0.2) is 11.7 Å². The zero-order chi connectivity index (χ0) is 14.5. The van der Waals surface area contributed by atoms with Crippen LogP contribution >= 0.6 is 38.5 Å².